The maximum absolute atomic E-state index is 10.5. The van der Waals surface area contributed by atoms with E-state index in [9.17, 15) is 4.79 Å². The summed E-state index contributed by atoms with van der Waals surface area (Å²) in [6.07, 6.45) is 6.60. The van der Waals surface area contributed by atoms with Crippen LogP contribution in [0.2, 0.25) is 0 Å². The van der Waals surface area contributed by atoms with Crippen molar-refractivity contribution in [3.8, 4) is 0 Å². The Morgan fingerprint density at radius 2 is 1.69 bits per heavy atom. The molecule has 0 unspecified atom stereocenters. The second kappa shape index (κ2) is 7.90. The Labute approximate surface area is 81.1 Å². The molecule has 0 heterocycles. The topological polar surface area (TPSA) is 52.9 Å². The number of urea groups is 1. The van der Waals surface area contributed by atoms with Gasteiger partial charge in [-0.1, -0.05) is 39.5 Å². The highest BCUT2D eigenvalue weighted by Crippen LogP contribution is 2.08. The predicted molar refractivity (Wildman–Crippen MR) is 54.5 cm³/mol. The lowest BCUT2D eigenvalue weighted by molar-refractivity contribution is 0.241. The average Bonchev–Trinajstić information content (AvgIpc) is 2.09. The van der Waals surface area contributed by atoms with Gasteiger partial charge < -0.3 is 5.32 Å². The second-order valence-electron chi connectivity index (χ2n) is 3.45. The van der Waals surface area contributed by atoms with Gasteiger partial charge in [0.25, 0.3) is 0 Å². The van der Waals surface area contributed by atoms with Gasteiger partial charge in [-0.15, -0.1) is 0 Å². The van der Waals surface area contributed by atoms with E-state index in [0.717, 1.165) is 38.5 Å². The second-order valence-corrected chi connectivity index (χ2v) is 3.45. The first kappa shape index (κ1) is 12.3. The molecule has 0 fully saturated rings. The van der Waals surface area contributed by atoms with Crippen molar-refractivity contribution >= 4 is 6.03 Å². The van der Waals surface area contributed by atoms with E-state index >= 15 is 0 Å². The highest BCUT2D eigenvalue weighted by atomic mass is 16.2. The van der Waals surface area contributed by atoms with Gasteiger partial charge in [0.2, 0.25) is 0 Å². The van der Waals surface area contributed by atoms with E-state index in [4.69, 9.17) is 5.73 Å². The number of nitrogens with one attached hydrogen (secondary N) is 2. The van der Waals surface area contributed by atoms with Gasteiger partial charge >= 0.3 is 6.03 Å². The Hall–Kier alpha value is -0.730. The molecule has 77 valence electrons. The van der Waals surface area contributed by atoms with E-state index in [1.165, 1.54) is 0 Å². The Morgan fingerprint density at radius 1 is 1.23 bits per heavy atom. The van der Waals surface area contributed by atoms with E-state index < -0.39 is 6.03 Å². The number of carbonyl (C=O) groups is 1. The minimum atomic E-state index is -0.641. The summed E-state index contributed by atoms with van der Waals surface area (Å²) in [5, 5.41) is 2.68. The monoisotopic (exact) mass is 185 g/mol. The van der Waals surface area contributed by atoms with Gasteiger partial charge in [0.05, 0.1) is 0 Å². The Balaban J connectivity index is 3.66. The van der Waals surface area contributed by atoms with Crippen LogP contribution < -0.4 is 11.1 Å². The molecule has 0 bridgehead atoms. The minimum absolute atomic E-state index is 0.227. The lowest BCUT2D eigenvalue weighted by Gasteiger charge is -2.16. The highest BCUT2D eigenvalue weighted by molar-refractivity contribution is 5.71. The Bertz CT molecular complexity index is 129. The van der Waals surface area contributed by atoms with Crippen molar-refractivity contribution in [3.05, 3.63) is 0 Å². The van der Waals surface area contributed by atoms with Gasteiger partial charge in [-0.2, -0.15) is 0 Å². The fraction of sp³-hybridized carbons (Fsp3) is 0.900. The normalized spacial score (nSPS) is 10.4. The lowest BCUT2D eigenvalue weighted by Crippen LogP contribution is -2.34. The van der Waals surface area contributed by atoms with Crippen molar-refractivity contribution in [2.24, 2.45) is 0 Å². The third-order valence-electron chi connectivity index (χ3n) is 2.15. The standard InChI is InChI=1S/C10H21N2O/c1-3-5-7-9(8-6-4-2)12-10(11)13/h9,11H,3-8H2,1-2H3,(H,12,13). The molecule has 13 heavy (non-hydrogen) atoms. The van der Waals surface area contributed by atoms with Gasteiger partial charge in [0.15, 0.2) is 0 Å². The Morgan fingerprint density at radius 3 is 2.00 bits per heavy atom. The molecular formula is C10H21N2O. The van der Waals surface area contributed by atoms with Crippen LogP contribution in [-0.4, -0.2) is 12.1 Å². The summed E-state index contributed by atoms with van der Waals surface area (Å²) in [6, 6.07) is -0.415. The zero-order valence-corrected chi connectivity index (χ0v) is 8.73. The van der Waals surface area contributed by atoms with Crippen molar-refractivity contribution in [2.75, 3.05) is 0 Å². The van der Waals surface area contributed by atoms with Crippen LogP contribution in [0.4, 0.5) is 4.79 Å². The van der Waals surface area contributed by atoms with E-state index in [1.54, 1.807) is 0 Å². The molecule has 1 radical (unpaired) electrons. The SMILES string of the molecule is CCCCC(CCCC)NC([NH])=O. The van der Waals surface area contributed by atoms with Gasteiger partial charge in [0.1, 0.15) is 0 Å². The van der Waals surface area contributed by atoms with Crippen LogP contribution >= 0.6 is 0 Å². The smallest absolute Gasteiger partial charge is 0.333 e. The van der Waals surface area contributed by atoms with Crippen LogP contribution in [-0.2, 0) is 0 Å². The largest absolute Gasteiger partial charge is 0.334 e. The molecule has 0 atom stereocenters. The molecular weight excluding hydrogens is 164 g/mol. The van der Waals surface area contributed by atoms with Gasteiger partial charge in [-0.3, -0.25) is 0 Å². The highest BCUT2D eigenvalue weighted by Gasteiger charge is 2.08. The molecule has 0 aliphatic rings. The van der Waals surface area contributed by atoms with Crippen molar-refractivity contribution in [3.63, 3.8) is 0 Å². The Kier molecular flexibility index (Phi) is 7.45. The minimum Gasteiger partial charge on any atom is -0.334 e. The zero-order valence-electron chi connectivity index (χ0n) is 8.73. The number of hydrogen-bond donors (Lipinski definition) is 1. The van der Waals surface area contributed by atoms with Crippen molar-refractivity contribution in [1.29, 1.82) is 0 Å². The summed E-state index contributed by atoms with van der Waals surface area (Å²) in [6.45, 7) is 4.28. The maximum atomic E-state index is 10.5. The third kappa shape index (κ3) is 7.62. The fourth-order valence-electron chi connectivity index (χ4n) is 1.38. The van der Waals surface area contributed by atoms with Crippen LogP contribution in [0.25, 0.3) is 0 Å². The van der Waals surface area contributed by atoms with Crippen molar-refractivity contribution < 1.29 is 4.79 Å². The van der Waals surface area contributed by atoms with Crippen LogP contribution in [0.5, 0.6) is 0 Å². The molecule has 2 amide bonds. The maximum Gasteiger partial charge on any atom is 0.333 e. The van der Waals surface area contributed by atoms with Crippen LogP contribution in [0.1, 0.15) is 52.4 Å². The van der Waals surface area contributed by atoms with Crippen LogP contribution in [0.15, 0.2) is 0 Å². The number of unbranched alkanes of at least 4 members (excludes halogenated alkanes) is 2. The fourth-order valence-corrected chi connectivity index (χ4v) is 1.38. The van der Waals surface area contributed by atoms with E-state index in [1.807, 2.05) is 0 Å². The first-order chi connectivity index (χ1) is 6.20. The predicted octanol–water partition coefficient (Wildman–Crippen LogP) is 2.73. The number of rotatable bonds is 7. The molecule has 0 rings (SSSR count). The quantitative estimate of drug-likeness (QED) is 0.651. The molecule has 0 aromatic heterocycles. The lowest BCUT2D eigenvalue weighted by atomic mass is 10.0. The van der Waals surface area contributed by atoms with Gasteiger partial charge in [-0.05, 0) is 12.8 Å². The summed E-state index contributed by atoms with van der Waals surface area (Å²) < 4.78 is 0. The van der Waals surface area contributed by atoms with Crippen LogP contribution in [0.3, 0.4) is 0 Å². The van der Waals surface area contributed by atoms with E-state index in [-0.39, 0.29) is 6.04 Å². The summed E-state index contributed by atoms with van der Waals surface area (Å²) in [7, 11) is 0. The van der Waals surface area contributed by atoms with Crippen LogP contribution in [0, 0.1) is 0 Å². The molecule has 2 N–H and O–H groups in total. The van der Waals surface area contributed by atoms with Crippen molar-refractivity contribution in [2.45, 2.75) is 58.4 Å². The number of carbonyl (C=O) groups excluding carboxylic acids is 1. The molecule has 0 aliphatic carbocycles. The first-order valence-electron chi connectivity index (χ1n) is 5.22. The number of hydrogen-bond acceptors (Lipinski definition) is 1. The molecule has 0 saturated carbocycles. The van der Waals surface area contributed by atoms with Gasteiger partial charge in [0, 0.05) is 6.04 Å². The summed E-state index contributed by atoms with van der Waals surface area (Å²) in [5.74, 6) is 0. The molecule has 3 heteroatoms. The van der Waals surface area contributed by atoms with E-state index in [2.05, 4.69) is 19.2 Å². The molecule has 0 aliphatic heterocycles. The molecule has 0 aromatic rings. The zero-order chi connectivity index (χ0) is 10.1. The summed E-state index contributed by atoms with van der Waals surface area (Å²) in [5.41, 5.74) is 6.83. The van der Waals surface area contributed by atoms with Crippen molar-refractivity contribution in [1.82, 2.24) is 11.1 Å². The molecule has 0 aromatic carbocycles. The molecule has 0 spiro atoms. The molecule has 3 nitrogen and oxygen atoms in total. The first-order valence-corrected chi connectivity index (χ1v) is 5.22. The average molecular weight is 185 g/mol. The summed E-state index contributed by atoms with van der Waals surface area (Å²) in [4.78, 5) is 10.5. The molecule has 0 saturated heterocycles. The number of amides is 2. The third-order valence-corrected chi connectivity index (χ3v) is 2.15. The van der Waals surface area contributed by atoms with Gasteiger partial charge in [-0.25, -0.2) is 10.5 Å². The summed E-state index contributed by atoms with van der Waals surface area (Å²) >= 11 is 0. The van der Waals surface area contributed by atoms with E-state index in [0.29, 0.717) is 0 Å².